The minimum atomic E-state index is -0.617. The van der Waals surface area contributed by atoms with Gasteiger partial charge in [0, 0.05) is 17.8 Å². The van der Waals surface area contributed by atoms with Crippen molar-refractivity contribution in [2.24, 2.45) is 0 Å². The Labute approximate surface area is 192 Å². The molecule has 0 saturated carbocycles. The van der Waals surface area contributed by atoms with Crippen LogP contribution in [-0.4, -0.2) is 24.4 Å². The lowest BCUT2D eigenvalue weighted by atomic mass is 10.1. The monoisotopic (exact) mass is 446 g/mol. The Morgan fingerprint density at radius 1 is 0.697 bits per heavy atom. The highest BCUT2D eigenvalue weighted by atomic mass is 16.5. The highest BCUT2D eigenvalue weighted by molar-refractivity contribution is 5.94. The minimum Gasteiger partial charge on any atom is -0.457 e. The molecule has 0 aliphatic heterocycles. The maximum Gasteiger partial charge on any atom is 0.306 e. The number of hydrogen-bond donors (Lipinski definition) is 2. The number of para-hydroxylation sites is 1. The highest BCUT2D eigenvalue weighted by Gasteiger charge is 2.11. The molecule has 0 aliphatic carbocycles. The van der Waals surface area contributed by atoms with E-state index < -0.39 is 18.5 Å². The molecule has 33 heavy (non-hydrogen) atoms. The molecule has 0 atom stereocenters. The number of hydrogen-bond acceptors (Lipinski definition) is 5. The van der Waals surface area contributed by atoms with Gasteiger partial charge in [-0.3, -0.25) is 14.4 Å². The molecule has 0 aromatic heterocycles. The number of anilines is 2. The van der Waals surface area contributed by atoms with Crippen molar-refractivity contribution >= 4 is 29.2 Å². The second-order valence-electron chi connectivity index (χ2n) is 7.25. The summed E-state index contributed by atoms with van der Waals surface area (Å²) in [5.41, 5.74) is 2.38. The molecule has 3 aromatic carbocycles. The van der Waals surface area contributed by atoms with Crippen LogP contribution in [0, 0.1) is 0 Å². The van der Waals surface area contributed by atoms with Gasteiger partial charge >= 0.3 is 5.97 Å². The number of aryl methyl sites for hydroxylation is 1. The molecule has 0 saturated heterocycles. The van der Waals surface area contributed by atoms with E-state index >= 15 is 0 Å². The summed E-state index contributed by atoms with van der Waals surface area (Å²) in [4.78, 5) is 35.9. The van der Waals surface area contributed by atoms with E-state index in [9.17, 15) is 14.4 Å². The number of benzene rings is 3. The zero-order chi connectivity index (χ0) is 23.5. The molecular formula is C26H26N2O5. The van der Waals surface area contributed by atoms with Crippen molar-refractivity contribution in [2.75, 3.05) is 17.2 Å². The maximum atomic E-state index is 12.1. The van der Waals surface area contributed by atoms with Gasteiger partial charge in [-0.25, -0.2) is 0 Å². The van der Waals surface area contributed by atoms with Crippen LogP contribution in [0.4, 0.5) is 11.4 Å². The highest BCUT2D eigenvalue weighted by Crippen LogP contribution is 2.22. The quantitative estimate of drug-likeness (QED) is 0.430. The average Bonchev–Trinajstić information content (AvgIpc) is 2.84. The standard InChI is InChI=1S/C26H26N2O5/c1-2-19-8-10-20(11-9-19)28-25(30)18-32-26(31)17-16-24(29)27-21-12-14-23(15-13-21)33-22-6-4-3-5-7-22/h3-15H,2,16-18H2,1H3,(H,27,29)(H,28,30). The van der Waals surface area contributed by atoms with Crippen LogP contribution in [0.1, 0.15) is 25.3 Å². The Morgan fingerprint density at radius 2 is 1.27 bits per heavy atom. The minimum absolute atomic E-state index is 0.0544. The van der Waals surface area contributed by atoms with Gasteiger partial charge < -0.3 is 20.1 Å². The predicted octanol–water partition coefficient (Wildman–Crippen LogP) is 4.94. The molecule has 2 amide bonds. The molecule has 0 fully saturated rings. The first kappa shape index (κ1) is 23.5. The zero-order valence-corrected chi connectivity index (χ0v) is 18.4. The van der Waals surface area contributed by atoms with E-state index in [1.807, 2.05) is 49.4 Å². The van der Waals surface area contributed by atoms with Crippen LogP contribution >= 0.6 is 0 Å². The first-order valence-electron chi connectivity index (χ1n) is 10.7. The van der Waals surface area contributed by atoms with Gasteiger partial charge in [-0.1, -0.05) is 37.3 Å². The van der Waals surface area contributed by atoms with Gasteiger partial charge in [0.05, 0.1) is 6.42 Å². The van der Waals surface area contributed by atoms with Crippen LogP contribution in [0.15, 0.2) is 78.9 Å². The Kier molecular flexibility index (Phi) is 8.59. The smallest absolute Gasteiger partial charge is 0.306 e. The van der Waals surface area contributed by atoms with Crippen molar-refractivity contribution < 1.29 is 23.9 Å². The lowest BCUT2D eigenvalue weighted by Crippen LogP contribution is -2.21. The van der Waals surface area contributed by atoms with Crippen LogP contribution in [0.5, 0.6) is 11.5 Å². The van der Waals surface area contributed by atoms with Crippen molar-refractivity contribution in [1.29, 1.82) is 0 Å². The molecule has 0 spiro atoms. The molecule has 0 aliphatic rings. The third-order valence-electron chi connectivity index (χ3n) is 4.68. The number of rotatable bonds is 10. The van der Waals surface area contributed by atoms with Crippen LogP contribution in [0.3, 0.4) is 0 Å². The van der Waals surface area contributed by atoms with Crippen LogP contribution in [0.25, 0.3) is 0 Å². The molecule has 3 aromatic rings. The van der Waals surface area contributed by atoms with Gasteiger partial charge in [-0.15, -0.1) is 0 Å². The van der Waals surface area contributed by atoms with Crippen LogP contribution in [-0.2, 0) is 25.5 Å². The van der Waals surface area contributed by atoms with Crippen molar-refractivity contribution in [1.82, 2.24) is 0 Å². The normalized spacial score (nSPS) is 10.2. The molecule has 2 N–H and O–H groups in total. The van der Waals surface area contributed by atoms with Gasteiger partial charge in [-0.2, -0.15) is 0 Å². The molecule has 0 radical (unpaired) electrons. The van der Waals surface area contributed by atoms with Crippen molar-refractivity contribution in [3.05, 3.63) is 84.4 Å². The van der Waals surface area contributed by atoms with E-state index in [2.05, 4.69) is 10.6 Å². The van der Waals surface area contributed by atoms with Crippen molar-refractivity contribution in [2.45, 2.75) is 26.2 Å². The predicted molar refractivity (Wildman–Crippen MR) is 126 cm³/mol. The first-order valence-corrected chi connectivity index (χ1v) is 10.7. The number of nitrogens with one attached hydrogen (secondary N) is 2. The third-order valence-corrected chi connectivity index (χ3v) is 4.68. The van der Waals surface area contributed by atoms with Gasteiger partial charge in [0.1, 0.15) is 11.5 Å². The van der Waals surface area contributed by atoms with Gasteiger partial charge in [-0.05, 0) is 60.5 Å². The number of ether oxygens (including phenoxy) is 2. The van der Waals surface area contributed by atoms with Crippen LogP contribution in [0.2, 0.25) is 0 Å². The summed E-state index contributed by atoms with van der Waals surface area (Å²) < 4.78 is 10.7. The first-order chi connectivity index (χ1) is 16.0. The number of carbonyl (C=O) groups excluding carboxylic acids is 3. The number of carbonyl (C=O) groups is 3. The van der Waals surface area contributed by atoms with Crippen LogP contribution < -0.4 is 15.4 Å². The largest absolute Gasteiger partial charge is 0.457 e. The molecule has 0 bridgehead atoms. The molecule has 0 heterocycles. The summed E-state index contributed by atoms with van der Waals surface area (Å²) in [6, 6.07) is 23.7. The lowest BCUT2D eigenvalue weighted by molar-refractivity contribution is -0.147. The second-order valence-corrected chi connectivity index (χ2v) is 7.25. The van der Waals surface area contributed by atoms with Gasteiger partial charge in [0.2, 0.25) is 5.91 Å². The Bertz CT molecular complexity index is 1060. The number of amides is 2. The zero-order valence-electron chi connectivity index (χ0n) is 18.4. The summed E-state index contributed by atoms with van der Waals surface area (Å²) in [7, 11) is 0. The lowest BCUT2D eigenvalue weighted by Gasteiger charge is -2.09. The molecule has 7 nitrogen and oxygen atoms in total. The van der Waals surface area contributed by atoms with Crippen molar-refractivity contribution in [3.63, 3.8) is 0 Å². The SMILES string of the molecule is CCc1ccc(NC(=O)COC(=O)CCC(=O)Nc2ccc(Oc3ccccc3)cc2)cc1. The van der Waals surface area contributed by atoms with Gasteiger partial charge in [0.25, 0.3) is 5.91 Å². The fourth-order valence-corrected chi connectivity index (χ4v) is 2.91. The fraction of sp³-hybridized carbons (Fsp3) is 0.192. The Hall–Kier alpha value is -4.13. The molecule has 170 valence electrons. The Morgan fingerprint density at radius 3 is 1.91 bits per heavy atom. The van der Waals surface area contributed by atoms with E-state index in [0.717, 1.165) is 17.7 Å². The average molecular weight is 447 g/mol. The van der Waals surface area contributed by atoms with E-state index in [0.29, 0.717) is 17.1 Å². The Balaban J connectivity index is 1.35. The number of esters is 1. The summed E-state index contributed by atoms with van der Waals surface area (Å²) in [6.07, 6.45) is 0.730. The molecule has 7 heteroatoms. The van der Waals surface area contributed by atoms with Crippen molar-refractivity contribution in [3.8, 4) is 11.5 Å². The fourth-order valence-electron chi connectivity index (χ4n) is 2.91. The van der Waals surface area contributed by atoms with E-state index in [1.54, 1.807) is 36.4 Å². The second kappa shape index (κ2) is 12.0. The third kappa shape index (κ3) is 8.14. The summed E-state index contributed by atoms with van der Waals surface area (Å²) in [5, 5.41) is 5.37. The van der Waals surface area contributed by atoms with E-state index in [1.165, 1.54) is 0 Å². The van der Waals surface area contributed by atoms with Gasteiger partial charge in [0.15, 0.2) is 6.61 Å². The van der Waals surface area contributed by atoms with E-state index in [-0.39, 0.29) is 18.7 Å². The van der Waals surface area contributed by atoms with E-state index in [4.69, 9.17) is 9.47 Å². The summed E-state index contributed by atoms with van der Waals surface area (Å²) in [6.45, 7) is 1.64. The maximum absolute atomic E-state index is 12.1. The molecular weight excluding hydrogens is 420 g/mol. The summed E-state index contributed by atoms with van der Waals surface area (Å²) >= 11 is 0. The molecule has 3 rings (SSSR count). The topological polar surface area (TPSA) is 93.7 Å². The summed E-state index contributed by atoms with van der Waals surface area (Å²) in [5.74, 6) is -0.0227. The molecule has 0 unspecified atom stereocenters.